The summed E-state index contributed by atoms with van der Waals surface area (Å²) >= 11 is 2.92. The Balaban J connectivity index is 1.20. The molecule has 2 N–H and O–H groups in total. The quantitative estimate of drug-likeness (QED) is 0.0928. The van der Waals surface area contributed by atoms with Crippen LogP contribution < -0.4 is 15.4 Å². The lowest BCUT2D eigenvalue weighted by molar-refractivity contribution is -0.113. The van der Waals surface area contributed by atoms with E-state index in [1.165, 1.54) is 73.6 Å². The number of amides is 2. The summed E-state index contributed by atoms with van der Waals surface area (Å²) in [5.74, 6) is 0.819. The second-order valence-electron chi connectivity index (χ2n) is 10.4. The van der Waals surface area contributed by atoms with Gasteiger partial charge in [0.1, 0.15) is 5.75 Å². The van der Waals surface area contributed by atoms with Crippen LogP contribution in [0.2, 0.25) is 0 Å². The molecule has 8 heteroatoms. The Labute approximate surface area is 257 Å². The number of fused-ring (bicyclic) bond motifs is 1. The third-order valence-electron chi connectivity index (χ3n) is 6.98. The van der Waals surface area contributed by atoms with E-state index in [-0.39, 0.29) is 17.6 Å². The van der Waals surface area contributed by atoms with E-state index in [1.807, 2.05) is 54.6 Å². The van der Waals surface area contributed by atoms with Crippen LogP contribution in [-0.2, 0) is 11.2 Å². The normalized spacial score (nSPS) is 11.0. The van der Waals surface area contributed by atoms with E-state index >= 15 is 0 Å². The van der Waals surface area contributed by atoms with Gasteiger partial charge in [0.05, 0.1) is 22.6 Å². The molecule has 2 amide bonds. The number of anilines is 2. The number of hydrogen-bond acceptors (Lipinski definition) is 6. The van der Waals surface area contributed by atoms with Crippen LogP contribution in [0, 0.1) is 0 Å². The number of thiazole rings is 1. The summed E-state index contributed by atoms with van der Waals surface area (Å²) in [5.41, 5.74) is 4.15. The summed E-state index contributed by atoms with van der Waals surface area (Å²) in [6.07, 6.45) is 11.1. The summed E-state index contributed by atoms with van der Waals surface area (Å²) in [6, 6.07) is 20.9. The number of aryl methyl sites for hydroxylation is 1. The fourth-order valence-corrected chi connectivity index (χ4v) is 6.43. The predicted molar refractivity (Wildman–Crippen MR) is 177 cm³/mol. The molecular formula is C34H41N3O3S2. The number of thioether (sulfide) groups is 1. The van der Waals surface area contributed by atoms with Crippen LogP contribution in [0.4, 0.5) is 11.4 Å². The highest BCUT2D eigenvalue weighted by atomic mass is 32.2. The van der Waals surface area contributed by atoms with Crippen LogP contribution in [0.3, 0.4) is 0 Å². The Morgan fingerprint density at radius 1 is 0.810 bits per heavy atom. The van der Waals surface area contributed by atoms with E-state index in [0.29, 0.717) is 17.9 Å². The number of carbonyl (C=O) groups is 2. The molecule has 0 saturated heterocycles. The first-order valence-corrected chi connectivity index (χ1v) is 16.8. The summed E-state index contributed by atoms with van der Waals surface area (Å²) in [4.78, 5) is 29.9. The monoisotopic (exact) mass is 603 g/mol. The number of carbonyl (C=O) groups excluding carboxylic acids is 2. The molecule has 0 aliphatic carbocycles. The molecule has 0 aliphatic heterocycles. The fourth-order valence-electron chi connectivity index (χ4n) is 4.52. The molecule has 222 valence electrons. The largest absolute Gasteiger partial charge is 0.494 e. The van der Waals surface area contributed by atoms with Gasteiger partial charge in [-0.05, 0) is 73.0 Å². The van der Waals surface area contributed by atoms with Gasteiger partial charge >= 0.3 is 0 Å². The van der Waals surface area contributed by atoms with Crippen molar-refractivity contribution in [1.82, 2.24) is 4.98 Å². The molecule has 4 rings (SSSR count). The van der Waals surface area contributed by atoms with Crippen LogP contribution in [0.5, 0.6) is 5.75 Å². The summed E-state index contributed by atoms with van der Waals surface area (Å²) in [7, 11) is 0. The van der Waals surface area contributed by atoms with Crippen molar-refractivity contribution in [2.75, 3.05) is 23.0 Å². The number of nitrogens with one attached hydrogen (secondary N) is 2. The van der Waals surface area contributed by atoms with Gasteiger partial charge in [-0.3, -0.25) is 9.59 Å². The standard InChI is InChI=1S/C34H41N3O3S2/c1-3-5-6-7-8-9-10-11-22-40-29-19-14-26(15-20-29)33(39)36-28-18-21-30-31(23-28)42-34(37-30)41-24-32(38)35-27-16-12-25(4-2)13-17-27/h12-21,23H,3-11,22,24H2,1-2H3,(H,35,38)(H,36,39). The Bertz CT molecular complexity index is 1420. The molecule has 3 aromatic carbocycles. The van der Waals surface area contributed by atoms with Gasteiger partial charge in [-0.15, -0.1) is 11.3 Å². The SMILES string of the molecule is CCCCCCCCCCOc1ccc(C(=O)Nc2ccc3nc(SCC(=O)Nc4ccc(CC)cc4)sc3c2)cc1. The molecule has 0 atom stereocenters. The maximum absolute atomic E-state index is 12.8. The molecular weight excluding hydrogens is 563 g/mol. The third-order valence-corrected chi connectivity index (χ3v) is 9.14. The minimum Gasteiger partial charge on any atom is -0.494 e. The van der Waals surface area contributed by atoms with Crippen molar-refractivity contribution in [3.05, 3.63) is 77.9 Å². The Hall–Kier alpha value is -3.36. The van der Waals surface area contributed by atoms with Gasteiger partial charge in [-0.1, -0.05) is 82.7 Å². The van der Waals surface area contributed by atoms with Crippen molar-refractivity contribution in [3.63, 3.8) is 0 Å². The molecule has 0 unspecified atom stereocenters. The molecule has 0 aliphatic rings. The first-order valence-electron chi connectivity index (χ1n) is 15.0. The number of benzene rings is 3. The van der Waals surface area contributed by atoms with E-state index in [2.05, 4.69) is 29.5 Å². The zero-order valence-corrected chi connectivity index (χ0v) is 26.3. The summed E-state index contributed by atoms with van der Waals surface area (Å²) < 4.78 is 7.63. The molecule has 0 saturated carbocycles. The Kier molecular flexibility index (Phi) is 12.7. The van der Waals surface area contributed by atoms with Gasteiger partial charge in [0.15, 0.2) is 4.34 Å². The smallest absolute Gasteiger partial charge is 0.255 e. The first-order chi connectivity index (χ1) is 20.5. The molecule has 0 spiro atoms. The second kappa shape index (κ2) is 16.9. The maximum Gasteiger partial charge on any atom is 0.255 e. The fraction of sp³-hybridized carbons (Fsp3) is 0.382. The van der Waals surface area contributed by atoms with Crippen molar-refractivity contribution in [3.8, 4) is 5.75 Å². The van der Waals surface area contributed by atoms with E-state index in [4.69, 9.17) is 4.74 Å². The highest BCUT2D eigenvalue weighted by Crippen LogP contribution is 2.31. The van der Waals surface area contributed by atoms with Crippen LogP contribution in [0.1, 0.15) is 81.1 Å². The molecule has 4 aromatic rings. The van der Waals surface area contributed by atoms with Crippen molar-refractivity contribution >= 4 is 56.5 Å². The second-order valence-corrected chi connectivity index (χ2v) is 12.6. The number of nitrogens with zero attached hydrogens (tertiary/aromatic N) is 1. The Morgan fingerprint density at radius 2 is 1.50 bits per heavy atom. The number of ether oxygens (including phenoxy) is 1. The molecule has 6 nitrogen and oxygen atoms in total. The zero-order valence-electron chi connectivity index (χ0n) is 24.6. The van der Waals surface area contributed by atoms with Crippen molar-refractivity contribution in [1.29, 1.82) is 0 Å². The van der Waals surface area contributed by atoms with Crippen molar-refractivity contribution in [2.45, 2.75) is 76.0 Å². The highest BCUT2D eigenvalue weighted by molar-refractivity contribution is 8.01. The topological polar surface area (TPSA) is 80.3 Å². The van der Waals surface area contributed by atoms with Crippen LogP contribution in [-0.4, -0.2) is 29.2 Å². The summed E-state index contributed by atoms with van der Waals surface area (Å²) in [5, 5.41) is 5.91. The van der Waals surface area contributed by atoms with Crippen molar-refractivity contribution in [2.24, 2.45) is 0 Å². The van der Waals surface area contributed by atoms with Crippen molar-refractivity contribution < 1.29 is 14.3 Å². The molecule has 42 heavy (non-hydrogen) atoms. The number of aromatic nitrogens is 1. The van der Waals surface area contributed by atoms with Gasteiger partial charge in [-0.25, -0.2) is 4.98 Å². The molecule has 0 bridgehead atoms. The average molecular weight is 604 g/mol. The minimum absolute atomic E-state index is 0.0685. The van der Waals surface area contributed by atoms with E-state index < -0.39 is 0 Å². The van der Waals surface area contributed by atoms with Crippen LogP contribution in [0.25, 0.3) is 10.2 Å². The average Bonchev–Trinajstić information content (AvgIpc) is 3.42. The lowest BCUT2D eigenvalue weighted by Crippen LogP contribution is -2.13. The molecule has 1 heterocycles. The maximum atomic E-state index is 12.8. The predicted octanol–water partition coefficient (Wildman–Crippen LogP) is 9.36. The lowest BCUT2D eigenvalue weighted by atomic mass is 10.1. The van der Waals surface area contributed by atoms with Gasteiger partial charge in [0, 0.05) is 16.9 Å². The van der Waals surface area contributed by atoms with Gasteiger partial charge < -0.3 is 15.4 Å². The van der Waals surface area contributed by atoms with Gasteiger partial charge in [0.25, 0.3) is 5.91 Å². The molecule has 0 radical (unpaired) electrons. The third kappa shape index (κ3) is 10.2. The molecule has 0 fully saturated rings. The summed E-state index contributed by atoms with van der Waals surface area (Å²) in [6.45, 7) is 5.05. The number of rotatable bonds is 17. The molecule has 1 aromatic heterocycles. The lowest BCUT2D eigenvalue weighted by Gasteiger charge is -2.08. The number of hydrogen-bond donors (Lipinski definition) is 2. The van der Waals surface area contributed by atoms with E-state index in [1.54, 1.807) is 12.1 Å². The number of unbranched alkanes of at least 4 members (excludes halogenated alkanes) is 7. The highest BCUT2D eigenvalue weighted by Gasteiger charge is 2.11. The van der Waals surface area contributed by atoms with E-state index in [0.717, 1.165) is 38.8 Å². The van der Waals surface area contributed by atoms with Gasteiger partial charge in [0.2, 0.25) is 5.91 Å². The van der Waals surface area contributed by atoms with Crippen LogP contribution >= 0.6 is 23.1 Å². The Morgan fingerprint density at radius 3 is 2.21 bits per heavy atom. The minimum atomic E-state index is -0.174. The van der Waals surface area contributed by atoms with Crippen LogP contribution in [0.15, 0.2) is 71.1 Å². The van der Waals surface area contributed by atoms with Gasteiger partial charge in [-0.2, -0.15) is 0 Å². The first kappa shape index (κ1) is 31.6. The zero-order chi connectivity index (χ0) is 29.6. The van der Waals surface area contributed by atoms with E-state index in [9.17, 15) is 9.59 Å².